The Morgan fingerprint density at radius 3 is 2.75 bits per heavy atom. The van der Waals surface area contributed by atoms with Crippen LogP contribution >= 0.6 is 11.7 Å². The van der Waals surface area contributed by atoms with Gasteiger partial charge in [-0.15, -0.1) is 0 Å². The van der Waals surface area contributed by atoms with E-state index in [1.807, 2.05) is 0 Å². The fourth-order valence-corrected chi connectivity index (χ4v) is 3.83. The number of carbonyl (C=O) groups excluding carboxylic acids is 1. The van der Waals surface area contributed by atoms with Crippen LogP contribution in [-0.2, 0) is 10.0 Å². The molecule has 1 amide bonds. The minimum absolute atomic E-state index is 0.202. The van der Waals surface area contributed by atoms with Crippen LogP contribution < -0.4 is 5.32 Å². The second-order valence-electron chi connectivity index (χ2n) is 5.59. The van der Waals surface area contributed by atoms with E-state index in [0.29, 0.717) is 56.0 Å². The first kappa shape index (κ1) is 17.1. The second-order valence-corrected chi connectivity index (χ2v) is 8.10. The minimum Gasteiger partial charge on any atom is -0.351 e. The standard InChI is InChI=1S/C13H18N6O3S2/c1-24(21,22)19-6-4-18(5-7-19)3-2-14-13(20)10-8-11-12(15-9-10)17-23-16-11/h8-9H,2-7H2,1H3,(H,14,20). The van der Waals surface area contributed by atoms with Crippen molar-refractivity contribution in [1.29, 1.82) is 0 Å². The van der Waals surface area contributed by atoms with E-state index >= 15 is 0 Å². The Balaban J connectivity index is 1.46. The summed E-state index contributed by atoms with van der Waals surface area (Å²) in [6, 6.07) is 1.67. The Morgan fingerprint density at radius 1 is 1.29 bits per heavy atom. The van der Waals surface area contributed by atoms with E-state index in [2.05, 4.69) is 23.9 Å². The third-order valence-electron chi connectivity index (χ3n) is 3.89. The lowest BCUT2D eigenvalue weighted by Gasteiger charge is -2.33. The van der Waals surface area contributed by atoms with Crippen LogP contribution in [0.1, 0.15) is 10.4 Å². The average Bonchev–Trinajstić information content (AvgIpc) is 3.02. The molecular formula is C13H18N6O3S2. The molecule has 0 atom stereocenters. The first-order valence-electron chi connectivity index (χ1n) is 7.47. The molecule has 11 heteroatoms. The predicted molar refractivity (Wildman–Crippen MR) is 90.4 cm³/mol. The van der Waals surface area contributed by atoms with E-state index in [0.717, 1.165) is 11.7 Å². The Morgan fingerprint density at radius 2 is 2.04 bits per heavy atom. The summed E-state index contributed by atoms with van der Waals surface area (Å²) in [4.78, 5) is 18.4. The second kappa shape index (κ2) is 7.05. The summed E-state index contributed by atoms with van der Waals surface area (Å²) < 4.78 is 32.5. The summed E-state index contributed by atoms with van der Waals surface area (Å²) in [5.74, 6) is -0.202. The molecule has 130 valence electrons. The Bertz CT molecular complexity index is 829. The number of hydrogen-bond donors (Lipinski definition) is 1. The number of sulfonamides is 1. The normalized spacial score (nSPS) is 17.2. The number of aromatic nitrogens is 3. The number of amides is 1. The van der Waals surface area contributed by atoms with Gasteiger partial charge in [-0.3, -0.25) is 9.69 Å². The van der Waals surface area contributed by atoms with Gasteiger partial charge >= 0.3 is 0 Å². The summed E-state index contributed by atoms with van der Waals surface area (Å²) >= 11 is 1.06. The van der Waals surface area contributed by atoms with Crippen LogP contribution in [0.15, 0.2) is 12.3 Å². The maximum Gasteiger partial charge on any atom is 0.252 e. The molecule has 1 aliphatic heterocycles. The predicted octanol–water partition coefficient (Wildman–Crippen LogP) is -0.607. The highest BCUT2D eigenvalue weighted by molar-refractivity contribution is 7.88. The summed E-state index contributed by atoms with van der Waals surface area (Å²) in [6.07, 6.45) is 2.72. The van der Waals surface area contributed by atoms with Crippen molar-refractivity contribution in [2.24, 2.45) is 0 Å². The van der Waals surface area contributed by atoms with Gasteiger partial charge in [-0.2, -0.15) is 13.1 Å². The molecule has 0 spiro atoms. The molecule has 3 heterocycles. The zero-order chi connectivity index (χ0) is 17.2. The van der Waals surface area contributed by atoms with Crippen LogP contribution in [0.2, 0.25) is 0 Å². The molecule has 0 saturated carbocycles. The summed E-state index contributed by atoms with van der Waals surface area (Å²) in [5, 5.41) is 2.85. The first-order chi connectivity index (χ1) is 11.4. The van der Waals surface area contributed by atoms with Crippen molar-refractivity contribution in [3.05, 3.63) is 17.8 Å². The fraction of sp³-hybridized carbons (Fsp3) is 0.538. The SMILES string of the molecule is CS(=O)(=O)N1CCN(CCNC(=O)c2cnc3nsnc3c2)CC1. The molecule has 1 fully saturated rings. The number of carbonyl (C=O) groups is 1. The smallest absolute Gasteiger partial charge is 0.252 e. The zero-order valence-corrected chi connectivity index (χ0v) is 14.8. The molecule has 0 radical (unpaired) electrons. The van der Waals surface area contributed by atoms with Gasteiger partial charge in [-0.1, -0.05) is 0 Å². The number of rotatable bonds is 5. The van der Waals surface area contributed by atoms with Crippen LogP contribution in [0.4, 0.5) is 0 Å². The van der Waals surface area contributed by atoms with E-state index in [1.54, 1.807) is 6.07 Å². The fourth-order valence-electron chi connectivity index (χ4n) is 2.53. The van der Waals surface area contributed by atoms with Crippen molar-refractivity contribution in [1.82, 2.24) is 28.3 Å². The van der Waals surface area contributed by atoms with Gasteiger partial charge in [0.2, 0.25) is 10.0 Å². The van der Waals surface area contributed by atoms with Crippen molar-refractivity contribution in [3.63, 3.8) is 0 Å². The Kier molecular flexibility index (Phi) is 5.04. The maximum atomic E-state index is 12.1. The van der Waals surface area contributed by atoms with Gasteiger partial charge in [0.1, 0.15) is 5.52 Å². The lowest BCUT2D eigenvalue weighted by molar-refractivity contribution is 0.0945. The first-order valence-corrected chi connectivity index (χ1v) is 10.1. The van der Waals surface area contributed by atoms with Gasteiger partial charge in [0.05, 0.1) is 23.5 Å². The van der Waals surface area contributed by atoms with Gasteiger partial charge in [-0.25, -0.2) is 13.4 Å². The van der Waals surface area contributed by atoms with E-state index < -0.39 is 10.0 Å². The minimum atomic E-state index is -3.11. The van der Waals surface area contributed by atoms with Crippen molar-refractivity contribution in [3.8, 4) is 0 Å². The molecule has 0 aromatic carbocycles. The van der Waals surface area contributed by atoms with Crippen molar-refractivity contribution in [2.75, 3.05) is 45.5 Å². The Hall–Kier alpha value is -1.69. The molecule has 24 heavy (non-hydrogen) atoms. The van der Waals surface area contributed by atoms with Crippen LogP contribution in [0.3, 0.4) is 0 Å². The largest absolute Gasteiger partial charge is 0.351 e. The molecule has 1 saturated heterocycles. The highest BCUT2D eigenvalue weighted by Gasteiger charge is 2.23. The van der Waals surface area contributed by atoms with Gasteiger partial charge in [0.25, 0.3) is 5.91 Å². The van der Waals surface area contributed by atoms with E-state index in [4.69, 9.17) is 0 Å². The van der Waals surface area contributed by atoms with Gasteiger partial charge in [0, 0.05) is 45.5 Å². The molecule has 0 bridgehead atoms. The zero-order valence-electron chi connectivity index (χ0n) is 13.2. The molecular weight excluding hydrogens is 352 g/mol. The van der Waals surface area contributed by atoms with Crippen molar-refractivity contribution < 1.29 is 13.2 Å². The van der Waals surface area contributed by atoms with Crippen LogP contribution in [0, 0.1) is 0 Å². The lowest BCUT2D eigenvalue weighted by Crippen LogP contribution is -2.49. The van der Waals surface area contributed by atoms with Crippen molar-refractivity contribution >= 4 is 38.8 Å². The molecule has 3 rings (SSSR count). The summed E-state index contributed by atoms with van der Waals surface area (Å²) in [7, 11) is -3.11. The number of nitrogens with zero attached hydrogens (tertiary/aromatic N) is 5. The van der Waals surface area contributed by atoms with Crippen LogP contribution in [0.5, 0.6) is 0 Å². The monoisotopic (exact) mass is 370 g/mol. The topological polar surface area (TPSA) is 108 Å². The third kappa shape index (κ3) is 4.04. The summed E-state index contributed by atoms with van der Waals surface area (Å²) in [6.45, 7) is 3.48. The van der Waals surface area contributed by atoms with E-state index in [1.165, 1.54) is 16.8 Å². The van der Waals surface area contributed by atoms with Crippen molar-refractivity contribution in [2.45, 2.75) is 0 Å². The molecule has 0 unspecified atom stereocenters. The molecule has 2 aromatic rings. The number of hydrogen-bond acceptors (Lipinski definition) is 8. The molecule has 9 nitrogen and oxygen atoms in total. The van der Waals surface area contributed by atoms with E-state index in [9.17, 15) is 13.2 Å². The van der Waals surface area contributed by atoms with Crippen LogP contribution in [-0.4, -0.2) is 82.8 Å². The molecule has 2 aromatic heterocycles. The van der Waals surface area contributed by atoms with Gasteiger partial charge in [0.15, 0.2) is 5.65 Å². The van der Waals surface area contributed by atoms with Gasteiger partial charge in [-0.05, 0) is 6.07 Å². The third-order valence-corrected chi connectivity index (χ3v) is 5.73. The number of nitrogens with one attached hydrogen (secondary N) is 1. The number of piperazine rings is 1. The Labute approximate surface area is 144 Å². The highest BCUT2D eigenvalue weighted by Crippen LogP contribution is 2.10. The summed E-state index contributed by atoms with van der Waals surface area (Å²) in [5.41, 5.74) is 1.61. The number of fused-ring (bicyclic) bond motifs is 1. The maximum absolute atomic E-state index is 12.1. The van der Waals surface area contributed by atoms with Crippen LogP contribution in [0.25, 0.3) is 11.2 Å². The quantitative estimate of drug-likeness (QED) is 0.748. The number of pyridine rings is 1. The highest BCUT2D eigenvalue weighted by atomic mass is 32.2. The lowest BCUT2D eigenvalue weighted by atomic mass is 10.2. The van der Waals surface area contributed by atoms with Gasteiger partial charge < -0.3 is 5.32 Å². The van der Waals surface area contributed by atoms with E-state index in [-0.39, 0.29) is 5.91 Å². The molecule has 1 N–H and O–H groups in total. The average molecular weight is 370 g/mol. The molecule has 0 aliphatic carbocycles. The molecule has 1 aliphatic rings.